The van der Waals surface area contributed by atoms with E-state index in [4.69, 9.17) is 0 Å². The Bertz CT molecular complexity index is 937. The van der Waals surface area contributed by atoms with Gasteiger partial charge in [-0.1, -0.05) is 30.0 Å². The fourth-order valence-corrected chi connectivity index (χ4v) is 5.59. The van der Waals surface area contributed by atoms with Crippen LogP contribution >= 0.6 is 11.8 Å². The molecule has 0 radical (unpaired) electrons. The highest BCUT2D eigenvalue weighted by Crippen LogP contribution is 2.38. The number of piperazine rings is 1. The molecule has 0 bridgehead atoms. The van der Waals surface area contributed by atoms with Crippen molar-refractivity contribution in [1.82, 2.24) is 9.80 Å². The molecule has 2 amide bonds. The average molecular weight is 423 g/mol. The average Bonchev–Trinajstić information content (AvgIpc) is 3.33. The molecular weight excluding hydrogens is 396 g/mol. The molecule has 3 heterocycles. The van der Waals surface area contributed by atoms with Gasteiger partial charge in [0.2, 0.25) is 0 Å². The molecule has 2 saturated heterocycles. The Morgan fingerprint density at radius 2 is 1.67 bits per heavy atom. The van der Waals surface area contributed by atoms with Crippen LogP contribution in [0, 0.1) is 0 Å². The number of rotatable bonds is 3. The molecule has 0 saturated carbocycles. The van der Waals surface area contributed by atoms with Crippen LogP contribution in [0.3, 0.4) is 0 Å². The number of nitrogens with zero attached hydrogens (tertiary/aromatic N) is 3. The maximum Gasteiger partial charge on any atom is 0.254 e. The van der Waals surface area contributed by atoms with Crippen molar-refractivity contribution in [2.24, 2.45) is 0 Å². The highest BCUT2D eigenvalue weighted by Gasteiger charge is 2.34. The van der Waals surface area contributed by atoms with Gasteiger partial charge >= 0.3 is 0 Å². The number of fused-ring (bicyclic) bond motifs is 1. The van der Waals surface area contributed by atoms with Crippen molar-refractivity contribution in [3.05, 3.63) is 54.1 Å². The topological polar surface area (TPSA) is 55.9 Å². The molecule has 3 aliphatic heterocycles. The smallest absolute Gasteiger partial charge is 0.254 e. The van der Waals surface area contributed by atoms with Crippen molar-refractivity contribution < 1.29 is 9.59 Å². The number of carbonyl (C=O) groups excluding carboxylic acids is 2. The Kier molecular flexibility index (Phi) is 5.39. The molecule has 0 aliphatic carbocycles. The highest BCUT2D eigenvalue weighted by atomic mass is 32.2. The number of benzene rings is 2. The number of hydrogen-bond acceptors (Lipinski definition) is 5. The van der Waals surface area contributed by atoms with Crippen LogP contribution in [0.25, 0.3) is 0 Å². The quantitative estimate of drug-likeness (QED) is 0.824. The van der Waals surface area contributed by atoms with Gasteiger partial charge in [0, 0.05) is 42.3 Å². The number of thioether (sulfide) groups is 1. The molecular formula is C23H26N4O2S. The maximum atomic E-state index is 13.1. The van der Waals surface area contributed by atoms with Gasteiger partial charge in [-0.15, -0.1) is 0 Å². The van der Waals surface area contributed by atoms with Gasteiger partial charge in [0.05, 0.1) is 5.69 Å². The maximum absolute atomic E-state index is 13.1. The Hall–Kier alpha value is -2.51. The highest BCUT2D eigenvalue weighted by molar-refractivity contribution is 8.00. The molecule has 6 nitrogen and oxygen atoms in total. The van der Waals surface area contributed by atoms with Crippen LogP contribution in [-0.2, 0) is 4.79 Å². The van der Waals surface area contributed by atoms with Gasteiger partial charge in [0.25, 0.3) is 11.8 Å². The third-order valence-corrected chi connectivity index (χ3v) is 7.45. The molecule has 1 unspecified atom stereocenters. The lowest BCUT2D eigenvalue weighted by Gasteiger charge is -2.36. The number of anilines is 2. The van der Waals surface area contributed by atoms with Crippen LogP contribution in [0.5, 0.6) is 0 Å². The van der Waals surface area contributed by atoms with Gasteiger partial charge in [-0.2, -0.15) is 0 Å². The Balaban J connectivity index is 1.25. The molecule has 7 heteroatoms. The first-order valence-corrected chi connectivity index (χ1v) is 11.5. The fraction of sp³-hybridized carbons (Fsp3) is 0.391. The van der Waals surface area contributed by atoms with E-state index < -0.39 is 0 Å². The lowest BCUT2D eigenvalue weighted by molar-refractivity contribution is -0.118. The predicted molar refractivity (Wildman–Crippen MR) is 120 cm³/mol. The largest absolute Gasteiger partial charge is 0.368 e. The third kappa shape index (κ3) is 3.79. The summed E-state index contributed by atoms with van der Waals surface area (Å²) in [7, 11) is 0. The predicted octanol–water partition coefficient (Wildman–Crippen LogP) is 3.12. The summed E-state index contributed by atoms with van der Waals surface area (Å²) in [5, 5.41) is 2.87. The van der Waals surface area contributed by atoms with Crippen molar-refractivity contribution in [3.63, 3.8) is 0 Å². The van der Waals surface area contributed by atoms with E-state index in [0.717, 1.165) is 49.6 Å². The van der Waals surface area contributed by atoms with Gasteiger partial charge < -0.3 is 15.1 Å². The number of likely N-dealkylation sites (tertiary alicyclic amines) is 1. The van der Waals surface area contributed by atoms with Crippen molar-refractivity contribution in [1.29, 1.82) is 0 Å². The van der Waals surface area contributed by atoms with Gasteiger partial charge in [0.1, 0.15) is 5.37 Å². The zero-order valence-electron chi connectivity index (χ0n) is 16.9. The fourth-order valence-electron chi connectivity index (χ4n) is 4.44. The van der Waals surface area contributed by atoms with Crippen molar-refractivity contribution in [2.45, 2.75) is 23.1 Å². The normalized spacial score (nSPS) is 22.0. The number of carbonyl (C=O) groups is 2. The van der Waals surface area contributed by atoms with E-state index in [0.29, 0.717) is 18.7 Å². The molecule has 0 spiro atoms. The lowest BCUT2D eigenvalue weighted by atomic mass is 10.1. The lowest BCUT2D eigenvalue weighted by Crippen LogP contribution is -2.48. The summed E-state index contributed by atoms with van der Waals surface area (Å²) in [5.74, 6) is 0.0573. The summed E-state index contributed by atoms with van der Waals surface area (Å²) in [6.45, 7) is 5.00. The standard InChI is InChI=1S/C23H26N4O2S/c28-21-23(27-10-4-5-11-27)30-20-9-8-17(16-19(20)24-21)22(29)26-14-12-25(13-15-26)18-6-2-1-3-7-18/h1-3,6-9,16,23H,4-5,10-15H2,(H,24,28). The monoisotopic (exact) mass is 422 g/mol. The number of amides is 2. The van der Waals surface area contributed by atoms with Gasteiger partial charge in [0.15, 0.2) is 0 Å². The summed E-state index contributed by atoms with van der Waals surface area (Å²) in [5.41, 5.74) is 2.60. The number of nitrogens with one attached hydrogen (secondary N) is 1. The SMILES string of the molecule is O=C1Nc2cc(C(=O)N3CCN(c4ccccc4)CC3)ccc2SC1N1CCCC1. The number of hydrogen-bond donors (Lipinski definition) is 1. The molecule has 2 fully saturated rings. The third-order valence-electron chi connectivity index (χ3n) is 6.11. The molecule has 30 heavy (non-hydrogen) atoms. The molecule has 5 rings (SSSR count). The number of para-hydroxylation sites is 1. The van der Waals surface area contributed by atoms with Crippen LogP contribution in [0.4, 0.5) is 11.4 Å². The molecule has 0 aromatic heterocycles. The van der Waals surface area contributed by atoms with E-state index >= 15 is 0 Å². The summed E-state index contributed by atoms with van der Waals surface area (Å²) in [6.07, 6.45) is 2.31. The van der Waals surface area contributed by atoms with E-state index in [1.807, 2.05) is 41.3 Å². The summed E-state index contributed by atoms with van der Waals surface area (Å²) in [4.78, 5) is 33.2. The van der Waals surface area contributed by atoms with E-state index in [2.05, 4.69) is 27.2 Å². The minimum atomic E-state index is -0.160. The van der Waals surface area contributed by atoms with E-state index in [1.54, 1.807) is 11.8 Å². The zero-order valence-corrected chi connectivity index (χ0v) is 17.7. The first-order chi connectivity index (χ1) is 14.7. The molecule has 3 aliphatic rings. The second-order valence-electron chi connectivity index (χ2n) is 8.03. The van der Waals surface area contributed by atoms with E-state index in [1.165, 1.54) is 5.69 Å². The van der Waals surface area contributed by atoms with Crippen molar-refractivity contribution in [3.8, 4) is 0 Å². The first-order valence-electron chi connectivity index (χ1n) is 10.6. The van der Waals surface area contributed by atoms with Crippen LogP contribution in [-0.4, -0.2) is 66.3 Å². The van der Waals surface area contributed by atoms with E-state index in [9.17, 15) is 9.59 Å². The van der Waals surface area contributed by atoms with Crippen molar-refractivity contribution >= 4 is 35.0 Å². The van der Waals surface area contributed by atoms with Gasteiger partial charge in [-0.3, -0.25) is 14.5 Å². The second-order valence-corrected chi connectivity index (χ2v) is 9.15. The molecule has 2 aromatic carbocycles. The molecule has 1 N–H and O–H groups in total. The summed E-state index contributed by atoms with van der Waals surface area (Å²) < 4.78 is 0. The molecule has 156 valence electrons. The second kappa shape index (κ2) is 8.32. The first kappa shape index (κ1) is 19.5. The van der Waals surface area contributed by atoms with Gasteiger partial charge in [-0.25, -0.2) is 0 Å². The minimum absolute atomic E-state index is 0.0236. The molecule has 1 atom stereocenters. The van der Waals surface area contributed by atoms with E-state index in [-0.39, 0.29) is 17.2 Å². The zero-order chi connectivity index (χ0) is 20.5. The summed E-state index contributed by atoms with van der Waals surface area (Å²) in [6, 6.07) is 16.0. The Morgan fingerprint density at radius 1 is 0.933 bits per heavy atom. The van der Waals surface area contributed by atoms with Crippen LogP contribution in [0.15, 0.2) is 53.4 Å². The van der Waals surface area contributed by atoms with Crippen LogP contribution < -0.4 is 10.2 Å². The van der Waals surface area contributed by atoms with Crippen LogP contribution in [0.2, 0.25) is 0 Å². The summed E-state index contributed by atoms with van der Waals surface area (Å²) >= 11 is 1.60. The van der Waals surface area contributed by atoms with Gasteiger partial charge in [-0.05, 0) is 56.3 Å². The molecule has 2 aromatic rings. The minimum Gasteiger partial charge on any atom is -0.368 e. The van der Waals surface area contributed by atoms with Crippen molar-refractivity contribution in [2.75, 3.05) is 49.5 Å². The van der Waals surface area contributed by atoms with Crippen LogP contribution in [0.1, 0.15) is 23.2 Å². The Morgan fingerprint density at radius 3 is 2.40 bits per heavy atom. The Labute approximate surface area is 181 Å².